The average molecular weight is 679 g/mol. The van der Waals surface area contributed by atoms with E-state index < -0.39 is 17.6 Å². The summed E-state index contributed by atoms with van der Waals surface area (Å²) < 4.78 is 16.8. The maximum Gasteiger partial charge on any atom is 0.410 e. The van der Waals surface area contributed by atoms with Crippen LogP contribution in [0.4, 0.5) is 16.2 Å². The lowest BCUT2D eigenvalue weighted by molar-refractivity contribution is -0.124. The van der Waals surface area contributed by atoms with E-state index in [4.69, 9.17) is 14.2 Å². The Morgan fingerprint density at radius 1 is 1.00 bits per heavy atom. The second-order valence-electron chi connectivity index (χ2n) is 14.6. The zero-order valence-corrected chi connectivity index (χ0v) is 29.3. The van der Waals surface area contributed by atoms with Crippen molar-refractivity contribution in [3.05, 3.63) is 78.5 Å². The van der Waals surface area contributed by atoms with Gasteiger partial charge in [0, 0.05) is 56.8 Å². The van der Waals surface area contributed by atoms with E-state index in [1.54, 1.807) is 16.9 Å². The fourth-order valence-corrected chi connectivity index (χ4v) is 7.25. The molecule has 1 saturated carbocycles. The predicted octanol–water partition coefficient (Wildman–Crippen LogP) is 7.13. The minimum absolute atomic E-state index is 0.0211. The number of methoxy groups -OCH3 is 1. The summed E-state index contributed by atoms with van der Waals surface area (Å²) in [5.74, 6) is -0.159. The highest BCUT2D eigenvalue weighted by atomic mass is 16.6. The van der Waals surface area contributed by atoms with Crippen LogP contribution in [-0.4, -0.2) is 79.4 Å². The largest absolute Gasteiger partial charge is 0.482 e. The molecule has 10 nitrogen and oxygen atoms in total. The van der Waals surface area contributed by atoms with Gasteiger partial charge in [-0.05, 0) is 105 Å². The van der Waals surface area contributed by atoms with Crippen LogP contribution in [0.2, 0.25) is 0 Å². The monoisotopic (exact) mass is 678 g/mol. The number of carbonyl (C=O) groups is 3. The molecule has 1 aromatic heterocycles. The summed E-state index contributed by atoms with van der Waals surface area (Å²) in [6.07, 6.45) is 4.61. The molecule has 1 aliphatic carbocycles. The lowest BCUT2D eigenvalue weighted by Crippen LogP contribution is -2.51. The number of hydrogen-bond donors (Lipinski definition) is 1. The van der Waals surface area contributed by atoms with Crippen molar-refractivity contribution in [3.8, 4) is 16.9 Å². The number of aromatic amines is 1. The first-order chi connectivity index (χ1) is 24.1. The first-order valence-corrected chi connectivity index (χ1v) is 17.6. The van der Waals surface area contributed by atoms with Crippen molar-refractivity contribution in [2.45, 2.75) is 64.0 Å². The summed E-state index contributed by atoms with van der Waals surface area (Å²) in [7, 11) is 1.65. The topological polar surface area (TPSA) is 104 Å². The number of aromatic nitrogens is 1. The Hall–Kier alpha value is -4.83. The number of benzene rings is 3. The van der Waals surface area contributed by atoms with E-state index in [0.717, 1.165) is 46.1 Å². The lowest BCUT2D eigenvalue weighted by Gasteiger charge is -2.41. The number of fused-ring (bicyclic) bond motifs is 2. The highest BCUT2D eigenvalue weighted by molar-refractivity contribution is 6.01. The summed E-state index contributed by atoms with van der Waals surface area (Å²) in [6.45, 7) is 7.30. The van der Waals surface area contributed by atoms with Crippen LogP contribution < -0.4 is 14.5 Å². The van der Waals surface area contributed by atoms with Crippen molar-refractivity contribution in [2.24, 2.45) is 5.92 Å². The number of carbonyl (C=O) groups excluding carboxylic acids is 3. The molecule has 7 rings (SSSR count). The second-order valence-corrected chi connectivity index (χ2v) is 14.6. The fourth-order valence-electron chi connectivity index (χ4n) is 7.25. The molecule has 0 radical (unpaired) electrons. The van der Waals surface area contributed by atoms with Gasteiger partial charge < -0.3 is 33.9 Å². The van der Waals surface area contributed by atoms with Crippen molar-refractivity contribution in [1.29, 1.82) is 0 Å². The number of rotatable bonds is 9. The van der Waals surface area contributed by atoms with Gasteiger partial charge >= 0.3 is 6.09 Å². The van der Waals surface area contributed by atoms with E-state index in [-0.39, 0.29) is 36.9 Å². The van der Waals surface area contributed by atoms with Gasteiger partial charge in [0.1, 0.15) is 11.4 Å². The number of likely N-dealkylation sites (tertiary alicyclic amines) is 1. The highest BCUT2D eigenvalue weighted by Crippen LogP contribution is 2.43. The smallest absolute Gasteiger partial charge is 0.410 e. The SMILES string of the molecule is COCCCN1C(=O)COc2ccc(N(C(=O)[C@H]3CN(C(=O)OC(C)(C)C)CC[C@@H]3c3cccc(-c4ccc5cc[nH]c5c4)c3)C3CC3)cc21. The number of nitrogens with one attached hydrogen (secondary N) is 1. The first kappa shape index (κ1) is 33.7. The van der Waals surface area contributed by atoms with Gasteiger partial charge in [-0.15, -0.1) is 0 Å². The Bertz CT molecular complexity index is 1890. The van der Waals surface area contributed by atoms with Crippen LogP contribution in [0.15, 0.2) is 72.9 Å². The normalized spacial score (nSPS) is 19.2. The van der Waals surface area contributed by atoms with Crippen LogP contribution in [0.1, 0.15) is 57.9 Å². The molecule has 2 fully saturated rings. The maximum absolute atomic E-state index is 15.0. The van der Waals surface area contributed by atoms with Crippen molar-refractivity contribution in [2.75, 3.05) is 49.8 Å². The number of H-pyrrole nitrogens is 1. The van der Waals surface area contributed by atoms with Gasteiger partial charge in [0.05, 0.1) is 11.6 Å². The average Bonchev–Trinajstić information content (AvgIpc) is 3.82. The number of hydrogen-bond acceptors (Lipinski definition) is 6. The highest BCUT2D eigenvalue weighted by Gasteiger charge is 2.44. The summed E-state index contributed by atoms with van der Waals surface area (Å²) in [5.41, 5.74) is 5.05. The quantitative estimate of drug-likeness (QED) is 0.189. The van der Waals surface area contributed by atoms with Gasteiger partial charge in [-0.2, -0.15) is 0 Å². The van der Waals surface area contributed by atoms with Gasteiger partial charge in [0.15, 0.2) is 6.61 Å². The number of ether oxygens (including phenoxy) is 3. The zero-order chi connectivity index (χ0) is 35.0. The Morgan fingerprint density at radius 2 is 1.82 bits per heavy atom. The van der Waals surface area contributed by atoms with Gasteiger partial charge in [-0.1, -0.05) is 36.4 Å². The van der Waals surface area contributed by atoms with Crippen molar-refractivity contribution >= 4 is 40.2 Å². The maximum atomic E-state index is 15.0. The molecule has 2 atom stereocenters. The molecule has 0 bridgehead atoms. The molecular weight excluding hydrogens is 632 g/mol. The van der Waals surface area contributed by atoms with Crippen molar-refractivity contribution in [3.63, 3.8) is 0 Å². The third-order valence-corrected chi connectivity index (χ3v) is 9.83. The van der Waals surface area contributed by atoms with Gasteiger partial charge in [0.2, 0.25) is 5.91 Å². The van der Waals surface area contributed by atoms with E-state index in [0.29, 0.717) is 44.0 Å². The molecule has 262 valence electrons. The number of piperidine rings is 1. The summed E-state index contributed by atoms with van der Waals surface area (Å²) in [4.78, 5) is 50.0. The van der Waals surface area contributed by atoms with Gasteiger partial charge in [0.25, 0.3) is 5.91 Å². The molecule has 1 N–H and O–H groups in total. The Morgan fingerprint density at radius 3 is 2.60 bits per heavy atom. The molecule has 50 heavy (non-hydrogen) atoms. The molecular formula is C40H46N4O6. The van der Waals surface area contributed by atoms with Crippen LogP contribution in [0.3, 0.4) is 0 Å². The Labute approximate surface area is 293 Å². The lowest BCUT2D eigenvalue weighted by atomic mass is 9.78. The minimum atomic E-state index is -0.653. The van der Waals surface area contributed by atoms with E-state index in [9.17, 15) is 9.59 Å². The van der Waals surface area contributed by atoms with Crippen molar-refractivity contribution < 1.29 is 28.6 Å². The molecule has 1 saturated heterocycles. The summed E-state index contributed by atoms with van der Waals surface area (Å²) in [5, 5.41) is 1.15. The molecule has 3 amide bonds. The molecule has 0 unspecified atom stereocenters. The van der Waals surface area contributed by atoms with E-state index >= 15 is 4.79 Å². The predicted molar refractivity (Wildman–Crippen MR) is 194 cm³/mol. The van der Waals surface area contributed by atoms with Crippen LogP contribution in [0.25, 0.3) is 22.0 Å². The molecule has 10 heteroatoms. The molecule has 3 heterocycles. The molecule has 3 aliphatic rings. The van der Waals surface area contributed by atoms with Crippen LogP contribution in [0.5, 0.6) is 5.75 Å². The van der Waals surface area contributed by atoms with Crippen LogP contribution >= 0.6 is 0 Å². The molecule has 3 aromatic carbocycles. The second kappa shape index (κ2) is 13.8. The van der Waals surface area contributed by atoms with E-state index in [2.05, 4.69) is 53.5 Å². The number of anilines is 2. The summed E-state index contributed by atoms with van der Waals surface area (Å²) in [6, 6.07) is 22.6. The standard InChI is InChI=1S/C40H46N4O6/c1-40(2,3)50-39(47)42-19-16-32(29-8-5-7-27(21-29)28-10-9-26-15-17-41-34(26)22-28)33(24-42)38(46)44(30-11-12-30)31-13-14-36-35(23-31)43(18-6-20-48-4)37(45)25-49-36/h5,7-10,13-15,17,21-23,30,32-33,41H,6,11-12,16,18-20,24-25H2,1-4H3/t32-,33+/m1/s1. The summed E-state index contributed by atoms with van der Waals surface area (Å²) >= 11 is 0. The van der Waals surface area contributed by atoms with E-state index in [1.807, 2.05) is 50.1 Å². The zero-order valence-electron chi connectivity index (χ0n) is 29.3. The third-order valence-electron chi connectivity index (χ3n) is 9.83. The van der Waals surface area contributed by atoms with Crippen LogP contribution in [0, 0.1) is 5.92 Å². The van der Waals surface area contributed by atoms with Crippen LogP contribution in [-0.2, 0) is 19.1 Å². The third kappa shape index (κ3) is 7.07. The minimum Gasteiger partial charge on any atom is -0.482 e. The van der Waals surface area contributed by atoms with Gasteiger partial charge in [-0.25, -0.2) is 4.79 Å². The van der Waals surface area contributed by atoms with Gasteiger partial charge in [-0.3, -0.25) is 9.59 Å². The van der Waals surface area contributed by atoms with Crippen molar-refractivity contribution in [1.82, 2.24) is 9.88 Å². The number of amides is 3. The molecule has 4 aromatic rings. The fraction of sp³-hybridized carbons (Fsp3) is 0.425. The Balaban J connectivity index is 1.23. The van der Waals surface area contributed by atoms with E-state index in [1.165, 1.54) is 0 Å². The number of nitrogens with zero attached hydrogens (tertiary/aromatic N) is 3. The Kier molecular flexibility index (Phi) is 9.30. The molecule has 2 aliphatic heterocycles. The first-order valence-electron chi connectivity index (χ1n) is 17.6. The molecule has 0 spiro atoms.